The van der Waals surface area contributed by atoms with Gasteiger partial charge in [0.05, 0.1) is 25.4 Å². The molecule has 0 spiro atoms. The Morgan fingerprint density at radius 1 is 0.689 bits per heavy atom. The van der Waals surface area contributed by atoms with Crippen molar-refractivity contribution in [3.63, 3.8) is 0 Å². The van der Waals surface area contributed by atoms with Gasteiger partial charge >= 0.3 is 0 Å². The molecule has 0 bridgehead atoms. The molecular weight excluding hydrogens is 578 g/mol. The second-order valence-electron chi connectivity index (χ2n) is 13.2. The van der Waals surface area contributed by atoms with E-state index in [1.807, 2.05) is 0 Å². The second kappa shape index (κ2) is 27.1. The Labute approximate surface area is 273 Å². The fourth-order valence-corrected chi connectivity index (χ4v) is 5.96. The number of hydrogen-bond donors (Lipinski definition) is 7. The van der Waals surface area contributed by atoms with Crippen LogP contribution >= 0.6 is 0 Å². The lowest BCUT2D eigenvalue weighted by Crippen LogP contribution is -2.60. The molecule has 10 heteroatoms. The Balaban J connectivity index is 2.52. The number of hydrogen-bond acceptors (Lipinski definition) is 9. The van der Waals surface area contributed by atoms with Gasteiger partial charge in [-0.2, -0.15) is 0 Å². The number of unbranched alkanes of at least 4 members (excludes halogenated alkanes) is 18. The monoisotopic (exact) mass is 647 g/mol. The lowest BCUT2D eigenvalue weighted by molar-refractivity contribution is -0.303. The normalized spacial score (nSPS) is 24.0. The summed E-state index contributed by atoms with van der Waals surface area (Å²) in [4.78, 5) is 12.8. The molecule has 1 aliphatic heterocycles. The van der Waals surface area contributed by atoms with E-state index in [4.69, 9.17) is 9.47 Å². The molecule has 8 atom stereocenters. The maximum absolute atomic E-state index is 12.8. The molecule has 1 amide bonds. The molecule has 1 aliphatic rings. The van der Waals surface area contributed by atoms with Gasteiger partial charge < -0.3 is 45.4 Å². The zero-order valence-electron chi connectivity index (χ0n) is 28.5. The number of amides is 1. The number of rotatable bonds is 29. The van der Waals surface area contributed by atoms with Gasteiger partial charge in [0.1, 0.15) is 30.5 Å². The van der Waals surface area contributed by atoms with Gasteiger partial charge in [-0.1, -0.05) is 136 Å². The Morgan fingerprint density at radius 2 is 1.16 bits per heavy atom. The van der Waals surface area contributed by atoms with Crippen molar-refractivity contribution in [2.45, 2.75) is 204 Å². The zero-order valence-corrected chi connectivity index (χ0v) is 28.5. The van der Waals surface area contributed by atoms with Crippen LogP contribution in [0.1, 0.15) is 155 Å². The van der Waals surface area contributed by atoms with E-state index in [1.165, 1.54) is 77.0 Å². The minimum absolute atomic E-state index is 0.264. The zero-order chi connectivity index (χ0) is 33.3. The molecule has 0 aromatic heterocycles. The van der Waals surface area contributed by atoms with Gasteiger partial charge in [-0.25, -0.2) is 0 Å². The predicted molar refractivity (Wildman–Crippen MR) is 177 cm³/mol. The summed E-state index contributed by atoms with van der Waals surface area (Å²) in [5.74, 6) is -0.264. The van der Waals surface area contributed by atoms with Gasteiger partial charge in [0.25, 0.3) is 0 Å². The van der Waals surface area contributed by atoms with E-state index in [0.29, 0.717) is 6.42 Å². The Bertz CT molecular complexity index is 698. The van der Waals surface area contributed by atoms with Gasteiger partial charge in [0.2, 0.25) is 5.91 Å². The standard InChI is InChI=1S/C35H69NO9/c1-3-5-7-9-11-13-14-15-16-17-19-21-23-28(38)31(40)27(36-30(39)24-22-20-18-12-10-8-6-4-2)26-44-35-34(43)33(42)32(41)29(25-37)45-35/h27-29,31-35,37-38,40-43H,3-26H2,1-2H3,(H,36,39)/t27-,28+,29+,31-,32-,33-,34+,35-/m0/s1. The summed E-state index contributed by atoms with van der Waals surface area (Å²) in [6.45, 7) is 3.53. The largest absolute Gasteiger partial charge is 0.394 e. The van der Waals surface area contributed by atoms with E-state index in [2.05, 4.69) is 19.2 Å². The third-order valence-corrected chi connectivity index (χ3v) is 9.05. The van der Waals surface area contributed by atoms with Crippen LogP contribution in [-0.4, -0.2) is 98.7 Å². The first-order valence-corrected chi connectivity index (χ1v) is 18.3. The SMILES string of the molecule is CCCCCCCCCCCCCC[C@@H](O)[C@@H](O)[C@H](CO[C@H]1O[C@H](CO)[C@H](O)[C@H](O)[C@H]1O)NC(=O)CCCCCCCCCC. The van der Waals surface area contributed by atoms with Crippen LogP contribution < -0.4 is 5.32 Å². The van der Waals surface area contributed by atoms with Crippen molar-refractivity contribution in [2.24, 2.45) is 0 Å². The molecule has 268 valence electrons. The molecule has 0 unspecified atom stereocenters. The summed E-state index contributed by atoms with van der Waals surface area (Å²) >= 11 is 0. The summed E-state index contributed by atoms with van der Waals surface area (Å²) in [6.07, 6.45) is 14.2. The van der Waals surface area contributed by atoms with Crippen molar-refractivity contribution < 1.29 is 44.9 Å². The molecule has 0 radical (unpaired) electrons. The first-order chi connectivity index (χ1) is 21.8. The number of carbonyl (C=O) groups is 1. The van der Waals surface area contributed by atoms with Crippen LogP contribution in [0.5, 0.6) is 0 Å². The summed E-state index contributed by atoms with van der Waals surface area (Å²) in [6, 6.07) is -0.980. The van der Waals surface area contributed by atoms with Crippen LogP contribution in [0.4, 0.5) is 0 Å². The molecule has 0 aliphatic carbocycles. The summed E-state index contributed by atoms with van der Waals surface area (Å²) in [7, 11) is 0. The van der Waals surface area contributed by atoms with Crippen LogP contribution in [0.2, 0.25) is 0 Å². The van der Waals surface area contributed by atoms with Crippen LogP contribution in [0, 0.1) is 0 Å². The highest BCUT2D eigenvalue weighted by molar-refractivity contribution is 5.76. The van der Waals surface area contributed by atoms with E-state index in [-0.39, 0.29) is 18.9 Å². The first-order valence-electron chi connectivity index (χ1n) is 18.3. The van der Waals surface area contributed by atoms with Crippen LogP contribution in [0.15, 0.2) is 0 Å². The summed E-state index contributed by atoms with van der Waals surface area (Å²) in [5.41, 5.74) is 0. The molecule has 45 heavy (non-hydrogen) atoms. The molecule has 7 N–H and O–H groups in total. The van der Waals surface area contributed by atoms with Crippen molar-refractivity contribution in [3.05, 3.63) is 0 Å². The predicted octanol–water partition coefficient (Wildman–Crippen LogP) is 4.63. The van der Waals surface area contributed by atoms with Crippen molar-refractivity contribution >= 4 is 5.91 Å². The maximum atomic E-state index is 12.8. The molecule has 1 fully saturated rings. The molecular formula is C35H69NO9. The molecule has 1 rings (SSSR count). The van der Waals surface area contributed by atoms with E-state index in [9.17, 15) is 35.4 Å². The highest BCUT2D eigenvalue weighted by Crippen LogP contribution is 2.23. The lowest BCUT2D eigenvalue weighted by Gasteiger charge is -2.40. The minimum atomic E-state index is -1.60. The number of aliphatic hydroxyl groups is 6. The Morgan fingerprint density at radius 3 is 1.64 bits per heavy atom. The number of carbonyl (C=O) groups excluding carboxylic acids is 1. The molecule has 1 heterocycles. The topological polar surface area (TPSA) is 169 Å². The Kier molecular flexibility index (Phi) is 25.4. The van der Waals surface area contributed by atoms with Gasteiger partial charge in [-0.15, -0.1) is 0 Å². The summed E-state index contributed by atoms with van der Waals surface area (Å²) in [5, 5.41) is 64.5. The van der Waals surface area contributed by atoms with Crippen LogP contribution in [0.3, 0.4) is 0 Å². The Hall–Kier alpha value is -0.850. The second-order valence-corrected chi connectivity index (χ2v) is 13.2. The first kappa shape index (κ1) is 42.2. The van der Waals surface area contributed by atoms with E-state index < -0.39 is 55.6 Å². The minimum Gasteiger partial charge on any atom is -0.394 e. The van der Waals surface area contributed by atoms with E-state index in [0.717, 1.165) is 51.4 Å². The molecule has 1 saturated heterocycles. The number of nitrogens with one attached hydrogen (secondary N) is 1. The van der Waals surface area contributed by atoms with Gasteiger partial charge in [0, 0.05) is 6.42 Å². The highest BCUT2D eigenvalue weighted by Gasteiger charge is 2.44. The lowest BCUT2D eigenvalue weighted by atomic mass is 9.98. The van der Waals surface area contributed by atoms with Crippen molar-refractivity contribution in [1.82, 2.24) is 5.32 Å². The van der Waals surface area contributed by atoms with Gasteiger partial charge in [-0.3, -0.25) is 4.79 Å². The average molecular weight is 648 g/mol. The third-order valence-electron chi connectivity index (χ3n) is 9.05. The van der Waals surface area contributed by atoms with Gasteiger partial charge in [0.15, 0.2) is 6.29 Å². The van der Waals surface area contributed by atoms with Crippen molar-refractivity contribution in [1.29, 1.82) is 0 Å². The van der Waals surface area contributed by atoms with Crippen molar-refractivity contribution in [3.8, 4) is 0 Å². The number of aliphatic hydroxyl groups excluding tert-OH is 6. The van der Waals surface area contributed by atoms with Crippen LogP contribution in [0.25, 0.3) is 0 Å². The smallest absolute Gasteiger partial charge is 0.220 e. The molecule has 0 saturated carbocycles. The molecule has 0 aromatic carbocycles. The van der Waals surface area contributed by atoms with Crippen LogP contribution in [-0.2, 0) is 14.3 Å². The molecule has 0 aromatic rings. The fourth-order valence-electron chi connectivity index (χ4n) is 5.96. The highest BCUT2D eigenvalue weighted by atomic mass is 16.7. The third kappa shape index (κ3) is 18.9. The van der Waals surface area contributed by atoms with Gasteiger partial charge in [-0.05, 0) is 12.8 Å². The van der Waals surface area contributed by atoms with E-state index >= 15 is 0 Å². The summed E-state index contributed by atoms with van der Waals surface area (Å²) < 4.78 is 11.1. The quantitative estimate of drug-likeness (QED) is 0.0572. The molecule has 10 nitrogen and oxygen atoms in total. The maximum Gasteiger partial charge on any atom is 0.220 e. The average Bonchev–Trinajstić information content (AvgIpc) is 3.04. The number of ether oxygens (including phenoxy) is 2. The van der Waals surface area contributed by atoms with E-state index in [1.54, 1.807) is 0 Å². The fraction of sp³-hybridized carbons (Fsp3) is 0.971. The van der Waals surface area contributed by atoms with Crippen molar-refractivity contribution in [2.75, 3.05) is 13.2 Å².